The summed E-state index contributed by atoms with van der Waals surface area (Å²) in [5.74, 6) is 0.731. The number of hydrogen-bond acceptors (Lipinski definition) is 3. The van der Waals surface area contributed by atoms with E-state index in [0.717, 1.165) is 23.3 Å². The molecule has 0 atom stereocenters. The molecule has 2 aromatic carbocycles. The monoisotopic (exact) mass is 281 g/mol. The zero-order valence-corrected chi connectivity index (χ0v) is 12.3. The van der Waals surface area contributed by atoms with Crippen LogP contribution < -0.4 is 10.5 Å². The first-order valence-electron chi connectivity index (χ1n) is 7.04. The minimum absolute atomic E-state index is 0.562. The van der Waals surface area contributed by atoms with Crippen LogP contribution in [0.15, 0.2) is 42.7 Å². The molecule has 4 heteroatoms. The molecule has 0 amide bonds. The van der Waals surface area contributed by atoms with Gasteiger partial charge in [0.05, 0.1) is 29.6 Å². The normalized spacial score (nSPS) is 11.0. The van der Waals surface area contributed by atoms with E-state index in [0.29, 0.717) is 12.3 Å². The first-order valence-corrected chi connectivity index (χ1v) is 7.04. The Morgan fingerprint density at radius 2 is 1.90 bits per heavy atom. The maximum atomic E-state index is 5.86. The first kappa shape index (κ1) is 13.5. The maximum absolute atomic E-state index is 5.86. The molecule has 0 radical (unpaired) electrons. The van der Waals surface area contributed by atoms with Crippen LogP contribution >= 0.6 is 0 Å². The first-order chi connectivity index (χ1) is 10.1. The largest absolute Gasteiger partial charge is 0.490 e. The average molecular weight is 281 g/mol. The highest BCUT2D eigenvalue weighted by atomic mass is 16.5. The number of anilines is 1. The lowest BCUT2D eigenvalue weighted by Crippen LogP contribution is -2.08. The molecule has 1 heterocycles. The number of fused-ring (bicyclic) bond motifs is 1. The van der Waals surface area contributed by atoms with E-state index < -0.39 is 0 Å². The van der Waals surface area contributed by atoms with Crippen LogP contribution in [0.25, 0.3) is 11.0 Å². The van der Waals surface area contributed by atoms with Gasteiger partial charge in [-0.05, 0) is 49.2 Å². The van der Waals surface area contributed by atoms with Crippen LogP contribution in [-0.4, -0.2) is 16.2 Å². The van der Waals surface area contributed by atoms with Crippen LogP contribution in [0, 0.1) is 13.8 Å². The van der Waals surface area contributed by atoms with Crippen molar-refractivity contribution in [3.63, 3.8) is 0 Å². The Morgan fingerprint density at radius 3 is 2.71 bits per heavy atom. The third-order valence-corrected chi connectivity index (χ3v) is 3.75. The molecule has 0 aliphatic rings. The molecule has 2 N–H and O–H groups in total. The highest BCUT2D eigenvalue weighted by Crippen LogP contribution is 2.21. The van der Waals surface area contributed by atoms with Crippen LogP contribution in [0.2, 0.25) is 0 Å². The fourth-order valence-electron chi connectivity index (χ4n) is 2.36. The zero-order chi connectivity index (χ0) is 14.8. The van der Waals surface area contributed by atoms with Crippen molar-refractivity contribution < 1.29 is 4.74 Å². The number of benzene rings is 2. The lowest BCUT2D eigenvalue weighted by atomic mass is 10.1. The summed E-state index contributed by atoms with van der Waals surface area (Å²) in [6.07, 6.45) is 1.86. The average Bonchev–Trinajstić information content (AvgIpc) is 2.84. The van der Waals surface area contributed by atoms with E-state index in [1.165, 1.54) is 11.1 Å². The molecule has 0 saturated carbocycles. The van der Waals surface area contributed by atoms with Gasteiger partial charge in [0, 0.05) is 0 Å². The number of hydrogen-bond donors (Lipinski definition) is 1. The van der Waals surface area contributed by atoms with Gasteiger partial charge in [-0.2, -0.15) is 0 Å². The van der Waals surface area contributed by atoms with Gasteiger partial charge in [-0.3, -0.25) is 0 Å². The van der Waals surface area contributed by atoms with Crippen LogP contribution in [0.5, 0.6) is 5.75 Å². The number of ether oxygens (including phenoxy) is 1. The van der Waals surface area contributed by atoms with Crippen molar-refractivity contribution in [2.75, 3.05) is 12.3 Å². The van der Waals surface area contributed by atoms with Gasteiger partial charge in [-0.1, -0.05) is 12.1 Å². The molecule has 3 rings (SSSR count). The molecule has 4 nitrogen and oxygen atoms in total. The van der Waals surface area contributed by atoms with Gasteiger partial charge in [-0.25, -0.2) is 4.98 Å². The molecule has 0 fully saturated rings. The highest BCUT2D eigenvalue weighted by Gasteiger charge is 2.05. The van der Waals surface area contributed by atoms with Crippen molar-refractivity contribution in [1.82, 2.24) is 9.55 Å². The third kappa shape index (κ3) is 2.70. The quantitative estimate of drug-likeness (QED) is 0.746. The molecule has 0 aliphatic heterocycles. The second kappa shape index (κ2) is 5.48. The van der Waals surface area contributed by atoms with E-state index in [2.05, 4.69) is 35.5 Å². The van der Waals surface area contributed by atoms with Gasteiger partial charge in [0.2, 0.25) is 0 Å². The van der Waals surface area contributed by atoms with Crippen molar-refractivity contribution in [2.45, 2.75) is 20.4 Å². The number of aromatic nitrogens is 2. The third-order valence-electron chi connectivity index (χ3n) is 3.75. The van der Waals surface area contributed by atoms with Gasteiger partial charge in [0.15, 0.2) is 0 Å². The lowest BCUT2D eigenvalue weighted by Gasteiger charge is -2.10. The molecule has 1 aromatic heterocycles. The SMILES string of the molecule is Cc1cc2ncn(CCOc3ccccc3N)c2cc1C. The van der Waals surface area contributed by atoms with Crippen molar-refractivity contribution in [3.05, 3.63) is 53.9 Å². The summed E-state index contributed by atoms with van der Waals surface area (Å²) in [4.78, 5) is 4.45. The number of nitrogens with zero attached hydrogens (tertiary/aromatic N) is 2. The summed E-state index contributed by atoms with van der Waals surface area (Å²) in [5.41, 5.74) is 11.2. The van der Waals surface area contributed by atoms with Crippen molar-refractivity contribution in [1.29, 1.82) is 0 Å². The molecule has 0 aliphatic carbocycles. The fraction of sp³-hybridized carbons (Fsp3) is 0.235. The Bertz CT molecular complexity index is 777. The summed E-state index contributed by atoms with van der Waals surface area (Å²) in [6, 6.07) is 11.8. The molecule has 0 spiro atoms. The number of nitrogen functional groups attached to an aromatic ring is 1. The number of para-hydroxylation sites is 2. The van der Waals surface area contributed by atoms with Gasteiger partial charge >= 0.3 is 0 Å². The summed E-state index contributed by atoms with van der Waals surface area (Å²) in [6.45, 7) is 5.53. The summed E-state index contributed by atoms with van der Waals surface area (Å²) >= 11 is 0. The fourth-order valence-corrected chi connectivity index (χ4v) is 2.36. The molecule has 0 bridgehead atoms. The van der Waals surface area contributed by atoms with Gasteiger partial charge in [0.1, 0.15) is 12.4 Å². The van der Waals surface area contributed by atoms with E-state index in [9.17, 15) is 0 Å². The maximum Gasteiger partial charge on any atom is 0.142 e. The van der Waals surface area contributed by atoms with Gasteiger partial charge in [-0.15, -0.1) is 0 Å². The number of rotatable bonds is 4. The Hall–Kier alpha value is -2.49. The van der Waals surface area contributed by atoms with E-state index in [-0.39, 0.29) is 0 Å². The highest BCUT2D eigenvalue weighted by molar-refractivity contribution is 5.77. The van der Waals surface area contributed by atoms with Crippen LogP contribution in [0.4, 0.5) is 5.69 Å². The van der Waals surface area contributed by atoms with Gasteiger partial charge in [0.25, 0.3) is 0 Å². The van der Waals surface area contributed by atoms with Crippen molar-refractivity contribution >= 4 is 16.7 Å². The van der Waals surface area contributed by atoms with E-state index >= 15 is 0 Å². The smallest absolute Gasteiger partial charge is 0.142 e. The number of imidazole rings is 1. The molecular weight excluding hydrogens is 262 g/mol. The predicted octanol–water partition coefficient (Wildman–Crippen LogP) is 3.31. The molecule has 0 saturated heterocycles. The Morgan fingerprint density at radius 1 is 1.14 bits per heavy atom. The molecule has 3 aromatic rings. The van der Waals surface area contributed by atoms with Crippen LogP contribution in [0.3, 0.4) is 0 Å². The summed E-state index contributed by atoms with van der Waals surface area (Å²) < 4.78 is 7.85. The van der Waals surface area contributed by atoms with Gasteiger partial charge < -0.3 is 15.0 Å². The Kier molecular flexibility index (Phi) is 3.52. The Balaban J connectivity index is 1.74. The lowest BCUT2D eigenvalue weighted by molar-refractivity contribution is 0.301. The Labute approximate surface area is 124 Å². The van der Waals surface area contributed by atoms with Crippen molar-refractivity contribution in [2.24, 2.45) is 0 Å². The van der Waals surface area contributed by atoms with Crippen LogP contribution in [0.1, 0.15) is 11.1 Å². The molecule has 21 heavy (non-hydrogen) atoms. The standard InChI is InChI=1S/C17H19N3O/c1-12-9-15-16(10-13(12)2)20(11-19-15)7-8-21-17-6-4-3-5-14(17)18/h3-6,9-11H,7-8,18H2,1-2H3. The number of aryl methyl sites for hydroxylation is 2. The van der Waals surface area contributed by atoms with Crippen molar-refractivity contribution in [3.8, 4) is 5.75 Å². The topological polar surface area (TPSA) is 53.1 Å². The van der Waals surface area contributed by atoms with E-state index in [4.69, 9.17) is 10.5 Å². The van der Waals surface area contributed by atoms with Crippen LogP contribution in [-0.2, 0) is 6.54 Å². The second-order valence-electron chi connectivity index (χ2n) is 5.25. The second-order valence-corrected chi connectivity index (χ2v) is 5.25. The van der Waals surface area contributed by atoms with E-state index in [1.807, 2.05) is 30.6 Å². The minimum atomic E-state index is 0.562. The summed E-state index contributed by atoms with van der Waals surface area (Å²) in [7, 11) is 0. The zero-order valence-electron chi connectivity index (χ0n) is 12.3. The number of nitrogens with two attached hydrogens (primary N) is 1. The minimum Gasteiger partial charge on any atom is -0.490 e. The van der Waals surface area contributed by atoms with E-state index in [1.54, 1.807) is 0 Å². The predicted molar refractivity (Wildman–Crippen MR) is 85.6 cm³/mol. The molecular formula is C17H19N3O. The molecule has 0 unspecified atom stereocenters. The molecule has 108 valence electrons. The summed E-state index contributed by atoms with van der Waals surface area (Å²) in [5, 5.41) is 0.